The first-order chi connectivity index (χ1) is 10.2. The summed E-state index contributed by atoms with van der Waals surface area (Å²) < 4.78 is 5.34. The van der Waals surface area contributed by atoms with Crippen molar-refractivity contribution in [2.24, 2.45) is 0 Å². The molecule has 4 heteroatoms. The molecule has 0 aliphatic carbocycles. The quantitative estimate of drug-likeness (QED) is 0.667. The van der Waals surface area contributed by atoms with Gasteiger partial charge in [-0.15, -0.1) is 0 Å². The van der Waals surface area contributed by atoms with Crippen LogP contribution in [0.15, 0.2) is 67.5 Å². The monoisotopic (exact) mass is 293 g/mol. The summed E-state index contributed by atoms with van der Waals surface area (Å²) in [6, 6.07) is 16.8. The minimum atomic E-state index is -0.362. The molecule has 0 spiro atoms. The Balaban J connectivity index is 2.05. The average Bonchev–Trinajstić information content (AvgIpc) is 2.49. The van der Waals surface area contributed by atoms with Gasteiger partial charge in [-0.1, -0.05) is 29.5 Å². The van der Waals surface area contributed by atoms with Crippen molar-refractivity contribution < 1.29 is 4.42 Å². The molecule has 0 N–H and O–H groups in total. The number of rotatable bonds is 2. The van der Waals surface area contributed by atoms with E-state index in [0.29, 0.717) is 16.0 Å². The number of nitriles is 1. The Labute approximate surface area is 125 Å². The van der Waals surface area contributed by atoms with E-state index in [0.717, 1.165) is 15.8 Å². The predicted octanol–water partition coefficient (Wildman–Crippen LogP) is 4.12. The van der Waals surface area contributed by atoms with Crippen molar-refractivity contribution in [3.63, 3.8) is 0 Å². The van der Waals surface area contributed by atoms with Crippen LogP contribution in [0.3, 0.4) is 0 Å². The van der Waals surface area contributed by atoms with Crippen LogP contribution in [-0.4, -0.2) is 0 Å². The van der Waals surface area contributed by atoms with Crippen molar-refractivity contribution in [3.8, 4) is 6.07 Å². The summed E-state index contributed by atoms with van der Waals surface area (Å²) in [6.45, 7) is 1.99. The van der Waals surface area contributed by atoms with Crippen LogP contribution in [0.4, 0.5) is 0 Å². The smallest absolute Gasteiger partial charge is 0.350 e. The van der Waals surface area contributed by atoms with Gasteiger partial charge in [-0.2, -0.15) is 5.26 Å². The average molecular weight is 293 g/mol. The molecule has 0 saturated carbocycles. The third-order valence-electron chi connectivity index (χ3n) is 3.05. The van der Waals surface area contributed by atoms with E-state index in [-0.39, 0.29) is 5.63 Å². The van der Waals surface area contributed by atoms with E-state index < -0.39 is 0 Å². The normalized spacial score (nSPS) is 10.5. The first kappa shape index (κ1) is 13.5. The largest absolute Gasteiger partial charge is 0.422 e. The lowest BCUT2D eigenvalue weighted by Gasteiger charge is -2.03. The molecule has 1 heterocycles. The molecule has 0 fully saturated rings. The predicted molar refractivity (Wildman–Crippen MR) is 82.5 cm³/mol. The number of aryl methyl sites for hydroxylation is 1. The molecule has 0 amide bonds. The maximum Gasteiger partial charge on any atom is 0.350 e. The third-order valence-corrected chi connectivity index (χ3v) is 4.04. The zero-order chi connectivity index (χ0) is 14.8. The Morgan fingerprint density at radius 3 is 2.81 bits per heavy atom. The van der Waals surface area contributed by atoms with Crippen LogP contribution in [0.5, 0.6) is 0 Å². The fraction of sp³-hybridized carbons (Fsp3) is 0.0588. The molecule has 21 heavy (non-hydrogen) atoms. The minimum Gasteiger partial charge on any atom is -0.422 e. The van der Waals surface area contributed by atoms with Crippen LogP contribution >= 0.6 is 11.8 Å². The van der Waals surface area contributed by atoms with Crippen LogP contribution in [0.1, 0.15) is 11.1 Å². The van der Waals surface area contributed by atoms with E-state index >= 15 is 0 Å². The number of nitrogens with zero attached hydrogens (tertiary/aromatic N) is 1. The lowest BCUT2D eigenvalue weighted by atomic mass is 10.2. The highest BCUT2D eigenvalue weighted by atomic mass is 32.2. The Bertz CT molecular complexity index is 922. The maximum absolute atomic E-state index is 12.0. The van der Waals surface area contributed by atoms with Gasteiger partial charge in [0.05, 0.1) is 16.5 Å². The van der Waals surface area contributed by atoms with Crippen molar-refractivity contribution in [2.45, 2.75) is 16.7 Å². The molecule has 0 aliphatic heterocycles. The Kier molecular flexibility index (Phi) is 3.51. The molecule has 0 saturated heterocycles. The molecule has 0 bridgehead atoms. The van der Waals surface area contributed by atoms with Crippen molar-refractivity contribution in [3.05, 3.63) is 70.1 Å². The van der Waals surface area contributed by atoms with E-state index in [4.69, 9.17) is 9.68 Å². The highest BCUT2D eigenvalue weighted by Crippen LogP contribution is 2.28. The molecule has 102 valence electrons. The van der Waals surface area contributed by atoms with Gasteiger partial charge < -0.3 is 4.42 Å². The summed E-state index contributed by atoms with van der Waals surface area (Å²) in [4.78, 5) is 13.4. The van der Waals surface area contributed by atoms with Crippen LogP contribution in [0.25, 0.3) is 11.0 Å². The van der Waals surface area contributed by atoms with Crippen LogP contribution in [-0.2, 0) is 0 Å². The maximum atomic E-state index is 12.0. The molecular weight excluding hydrogens is 282 g/mol. The molecular formula is C17H11NO2S. The second kappa shape index (κ2) is 5.47. The fourth-order valence-electron chi connectivity index (χ4n) is 2.05. The molecule has 0 atom stereocenters. The van der Waals surface area contributed by atoms with Gasteiger partial charge in [-0.25, -0.2) is 4.79 Å². The number of benzene rings is 2. The minimum absolute atomic E-state index is 0.362. The van der Waals surface area contributed by atoms with Crippen LogP contribution in [0.2, 0.25) is 0 Å². The second-order valence-corrected chi connectivity index (χ2v) is 5.80. The van der Waals surface area contributed by atoms with Gasteiger partial charge in [0.1, 0.15) is 5.58 Å². The second-order valence-electron chi connectivity index (χ2n) is 4.68. The number of fused-ring (bicyclic) bond motifs is 1. The lowest BCUT2D eigenvalue weighted by molar-refractivity contribution is 0.543. The van der Waals surface area contributed by atoms with Gasteiger partial charge in [-0.3, -0.25) is 0 Å². The Morgan fingerprint density at radius 2 is 2.00 bits per heavy atom. The molecule has 1 aromatic heterocycles. The highest BCUT2D eigenvalue weighted by molar-refractivity contribution is 7.99. The van der Waals surface area contributed by atoms with Crippen LogP contribution in [0, 0.1) is 18.3 Å². The van der Waals surface area contributed by atoms with E-state index in [2.05, 4.69) is 6.07 Å². The summed E-state index contributed by atoms with van der Waals surface area (Å²) in [5, 5.41) is 9.81. The lowest BCUT2D eigenvalue weighted by Crippen LogP contribution is -2.01. The van der Waals surface area contributed by atoms with Crippen LogP contribution < -0.4 is 5.63 Å². The summed E-state index contributed by atoms with van der Waals surface area (Å²) >= 11 is 1.31. The third kappa shape index (κ3) is 2.83. The number of hydrogen-bond acceptors (Lipinski definition) is 4. The van der Waals surface area contributed by atoms with Crippen molar-refractivity contribution >= 4 is 22.7 Å². The molecule has 0 radical (unpaired) electrons. The van der Waals surface area contributed by atoms with Gasteiger partial charge >= 0.3 is 5.63 Å². The highest BCUT2D eigenvalue weighted by Gasteiger charge is 2.08. The van der Waals surface area contributed by atoms with Gasteiger partial charge in [0.25, 0.3) is 0 Å². The van der Waals surface area contributed by atoms with E-state index in [1.54, 1.807) is 24.3 Å². The summed E-state index contributed by atoms with van der Waals surface area (Å²) in [7, 11) is 0. The van der Waals surface area contributed by atoms with Gasteiger partial charge in [0.15, 0.2) is 0 Å². The number of hydrogen-bond donors (Lipinski definition) is 0. The fourth-order valence-corrected chi connectivity index (χ4v) is 2.95. The summed E-state index contributed by atoms with van der Waals surface area (Å²) in [5.74, 6) is 0. The van der Waals surface area contributed by atoms with E-state index in [1.165, 1.54) is 11.8 Å². The molecule has 3 rings (SSSR count). The zero-order valence-corrected chi connectivity index (χ0v) is 12.1. The van der Waals surface area contributed by atoms with Crippen molar-refractivity contribution in [2.75, 3.05) is 0 Å². The van der Waals surface area contributed by atoms with Gasteiger partial charge in [0, 0.05) is 10.3 Å². The molecule has 3 nitrogen and oxygen atoms in total. The Morgan fingerprint density at radius 1 is 1.14 bits per heavy atom. The first-order valence-corrected chi connectivity index (χ1v) is 7.20. The molecule has 0 aliphatic rings. The SMILES string of the molecule is Cc1ccc2oc(=O)c(Sc3cccc(C#N)c3)cc2c1. The molecule has 0 unspecified atom stereocenters. The molecule has 3 aromatic rings. The Hall–Kier alpha value is -2.51. The van der Waals surface area contributed by atoms with E-state index in [1.807, 2.05) is 31.2 Å². The summed E-state index contributed by atoms with van der Waals surface area (Å²) in [6.07, 6.45) is 0. The zero-order valence-electron chi connectivity index (χ0n) is 11.3. The van der Waals surface area contributed by atoms with Crippen molar-refractivity contribution in [1.29, 1.82) is 5.26 Å². The first-order valence-electron chi connectivity index (χ1n) is 6.38. The summed E-state index contributed by atoms with van der Waals surface area (Å²) in [5.41, 5.74) is 1.90. The standard InChI is InChI=1S/C17H11NO2S/c1-11-5-6-15-13(7-11)9-16(17(19)20-15)21-14-4-2-3-12(8-14)10-18/h2-9H,1H3. The van der Waals surface area contributed by atoms with E-state index in [9.17, 15) is 4.79 Å². The van der Waals surface area contributed by atoms with Gasteiger partial charge in [-0.05, 0) is 43.3 Å². The topological polar surface area (TPSA) is 54.0 Å². The molecule has 2 aromatic carbocycles. The van der Waals surface area contributed by atoms with Crippen molar-refractivity contribution in [1.82, 2.24) is 0 Å². The van der Waals surface area contributed by atoms with Gasteiger partial charge in [0.2, 0.25) is 0 Å².